The quantitative estimate of drug-likeness (QED) is 0.599. The summed E-state index contributed by atoms with van der Waals surface area (Å²) in [6.07, 6.45) is -4.59. The SMILES string of the molecule is COc1cc2c(cc1[C@H]1C(=O)N(Cc3ccc(C(F)(F)F)o3)c3ccccc31)OCO2. The van der Waals surface area contributed by atoms with Crippen molar-refractivity contribution in [1.82, 2.24) is 0 Å². The van der Waals surface area contributed by atoms with E-state index in [1.165, 1.54) is 18.1 Å². The summed E-state index contributed by atoms with van der Waals surface area (Å²) in [5.41, 5.74) is 1.90. The number of hydrogen-bond donors (Lipinski definition) is 0. The zero-order chi connectivity index (χ0) is 21.8. The van der Waals surface area contributed by atoms with E-state index >= 15 is 0 Å². The van der Waals surface area contributed by atoms with Gasteiger partial charge in [-0.1, -0.05) is 18.2 Å². The summed E-state index contributed by atoms with van der Waals surface area (Å²) < 4.78 is 60.0. The number of halogens is 3. The van der Waals surface area contributed by atoms with Gasteiger partial charge in [0, 0.05) is 17.3 Å². The van der Waals surface area contributed by atoms with E-state index in [-0.39, 0.29) is 25.0 Å². The van der Waals surface area contributed by atoms with Crippen LogP contribution in [-0.2, 0) is 17.5 Å². The molecule has 3 heterocycles. The third-order valence-corrected chi connectivity index (χ3v) is 5.34. The van der Waals surface area contributed by atoms with Gasteiger partial charge in [-0.25, -0.2) is 0 Å². The minimum absolute atomic E-state index is 0.0359. The standard InChI is InChI=1S/C22H16F3NO5/c1-28-16-9-18-17(29-11-30-18)8-14(16)20-13-4-2-3-5-15(13)26(21(20)27)10-12-6-7-19(31-12)22(23,24)25/h2-9,20H,10-11H2,1H3/t20-/m0/s1. The Balaban J connectivity index is 1.54. The minimum atomic E-state index is -4.59. The number of hydrogen-bond acceptors (Lipinski definition) is 5. The third-order valence-electron chi connectivity index (χ3n) is 5.34. The van der Waals surface area contributed by atoms with E-state index in [9.17, 15) is 18.0 Å². The molecule has 0 aliphatic carbocycles. The molecule has 0 radical (unpaired) electrons. The Morgan fingerprint density at radius 2 is 1.81 bits per heavy atom. The Morgan fingerprint density at radius 1 is 1.06 bits per heavy atom. The zero-order valence-electron chi connectivity index (χ0n) is 16.2. The van der Waals surface area contributed by atoms with Crippen molar-refractivity contribution in [3.8, 4) is 17.2 Å². The zero-order valence-corrected chi connectivity index (χ0v) is 16.2. The fraction of sp³-hybridized carbons (Fsp3) is 0.227. The lowest BCUT2D eigenvalue weighted by Crippen LogP contribution is -2.28. The average Bonchev–Trinajstić information content (AvgIpc) is 3.45. The van der Waals surface area contributed by atoms with E-state index in [0.717, 1.165) is 6.07 Å². The Morgan fingerprint density at radius 3 is 2.52 bits per heavy atom. The molecule has 2 aromatic carbocycles. The Labute approximate surface area is 174 Å². The molecule has 2 aliphatic heterocycles. The molecule has 0 N–H and O–H groups in total. The number of para-hydroxylation sites is 1. The smallest absolute Gasteiger partial charge is 0.449 e. The maximum absolute atomic E-state index is 13.5. The number of ether oxygens (including phenoxy) is 3. The molecule has 0 unspecified atom stereocenters. The number of anilines is 1. The molecule has 3 aromatic rings. The highest BCUT2D eigenvalue weighted by Gasteiger charge is 2.41. The first-order valence-corrected chi connectivity index (χ1v) is 9.40. The van der Waals surface area contributed by atoms with Crippen LogP contribution in [0.15, 0.2) is 52.9 Å². The second kappa shape index (κ2) is 6.97. The molecule has 5 rings (SSSR count). The fourth-order valence-electron chi connectivity index (χ4n) is 3.96. The average molecular weight is 431 g/mol. The van der Waals surface area contributed by atoms with Crippen molar-refractivity contribution in [2.75, 3.05) is 18.8 Å². The number of nitrogens with zero attached hydrogens (tertiary/aromatic N) is 1. The largest absolute Gasteiger partial charge is 0.496 e. The van der Waals surface area contributed by atoms with E-state index in [1.54, 1.807) is 30.3 Å². The number of amides is 1. The molecule has 2 aliphatic rings. The monoisotopic (exact) mass is 431 g/mol. The third kappa shape index (κ3) is 3.17. The van der Waals surface area contributed by atoms with Gasteiger partial charge in [-0.2, -0.15) is 13.2 Å². The van der Waals surface area contributed by atoms with Gasteiger partial charge in [0.25, 0.3) is 0 Å². The van der Waals surface area contributed by atoms with Gasteiger partial charge in [-0.15, -0.1) is 0 Å². The first kappa shape index (κ1) is 19.3. The molecule has 1 aromatic heterocycles. The summed E-state index contributed by atoms with van der Waals surface area (Å²) in [5, 5.41) is 0. The van der Waals surface area contributed by atoms with Gasteiger partial charge in [0.1, 0.15) is 11.5 Å². The van der Waals surface area contributed by atoms with Gasteiger partial charge in [0.2, 0.25) is 18.5 Å². The van der Waals surface area contributed by atoms with Crippen LogP contribution >= 0.6 is 0 Å². The predicted molar refractivity (Wildman–Crippen MR) is 102 cm³/mol. The molecule has 9 heteroatoms. The first-order valence-electron chi connectivity index (χ1n) is 9.40. The Kier molecular flexibility index (Phi) is 4.35. The van der Waals surface area contributed by atoms with E-state index in [2.05, 4.69) is 0 Å². The topological polar surface area (TPSA) is 61.1 Å². The highest BCUT2D eigenvalue weighted by Crippen LogP contribution is 2.48. The Hall–Kier alpha value is -3.62. The lowest BCUT2D eigenvalue weighted by atomic mass is 9.91. The highest BCUT2D eigenvalue weighted by atomic mass is 19.4. The molecule has 0 spiro atoms. The van der Waals surface area contributed by atoms with E-state index < -0.39 is 17.9 Å². The van der Waals surface area contributed by atoms with Crippen LogP contribution in [0.5, 0.6) is 17.2 Å². The van der Waals surface area contributed by atoms with Gasteiger partial charge in [0.15, 0.2) is 11.5 Å². The molecule has 0 saturated heterocycles. The van der Waals surface area contributed by atoms with Crippen LogP contribution in [0.2, 0.25) is 0 Å². The van der Waals surface area contributed by atoms with Crippen molar-refractivity contribution in [1.29, 1.82) is 0 Å². The maximum atomic E-state index is 13.5. The molecule has 160 valence electrons. The molecular formula is C22H16F3NO5. The van der Waals surface area contributed by atoms with Crippen LogP contribution in [0.1, 0.15) is 28.6 Å². The number of carbonyl (C=O) groups excluding carboxylic acids is 1. The lowest BCUT2D eigenvalue weighted by molar-refractivity contribution is -0.153. The number of carbonyl (C=O) groups is 1. The molecule has 0 saturated carbocycles. The van der Waals surface area contributed by atoms with Gasteiger partial charge < -0.3 is 23.5 Å². The van der Waals surface area contributed by atoms with Crippen molar-refractivity contribution in [2.24, 2.45) is 0 Å². The fourth-order valence-corrected chi connectivity index (χ4v) is 3.96. The lowest BCUT2D eigenvalue weighted by Gasteiger charge is -2.18. The Bertz CT molecular complexity index is 1170. The number of alkyl halides is 3. The molecule has 0 bridgehead atoms. The summed E-state index contributed by atoms with van der Waals surface area (Å²) >= 11 is 0. The highest BCUT2D eigenvalue weighted by molar-refractivity contribution is 6.07. The number of furan rings is 1. The summed E-state index contributed by atoms with van der Waals surface area (Å²) in [7, 11) is 1.49. The number of rotatable bonds is 4. The second-order valence-corrected chi connectivity index (χ2v) is 7.13. The van der Waals surface area contributed by atoms with Crippen molar-refractivity contribution in [3.63, 3.8) is 0 Å². The summed E-state index contributed by atoms with van der Waals surface area (Å²) in [4.78, 5) is 14.9. The summed E-state index contributed by atoms with van der Waals surface area (Å²) in [6.45, 7) is -0.0570. The van der Waals surface area contributed by atoms with Gasteiger partial charge in [-0.05, 0) is 29.8 Å². The predicted octanol–water partition coefficient (Wildman–Crippen LogP) is 4.71. The molecular weight excluding hydrogens is 415 g/mol. The van der Waals surface area contributed by atoms with Crippen molar-refractivity contribution >= 4 is 11.6 Å². The summed E-state index contributed by atoms with van der Waals surface area (Å²) in [6, 6.07) is 12.6. The van der Waals surface area contributed by atoms with E-state index in [1.807, 2.05) is 6.07 Å². The van der Waals surface area contributed by atoms with Gasteiger partial charge in [0.05, 0.1) is 19.6 Å². The van der Waals surface area contributed by atoms with Crippen LogP contribution in [0.25, 0.3) is 0 Å². The molecule has 31 heavy (non-hydrogen) atoms. The molecule has 1 amide bonds. The minimum Gasteiger partial charge on any atom is -0.496 e. The number of benzene rings is 2. The first-order chi connectivity index (χ1) is 14.9. The maximum Gasteiger partial charge on any atom is 0.449 e. The van der Waals surface area contributed by atoms with E-state index in [4.69, 9.17) is 18.6 Å². The van der Waals surface area contributed by atoms with Gasteiger partial charge >= 0.3 is 6.18 Å². The van der Waals surface area contributed by atoms with Crippen molar-refractivity contribution < 1.29 is 36.6 Å². The van der Waals surface area contributed by atoms with Crippen LogP contribution in [0.4, 0.5) is 18.9 Å². The summed E-state index contributed by atoms with van der Waals surface area (Å²) in [5.74, 6) is -0.602. The number of methoxy groups -OCH3 is 1. The number of fused-ring (bicyclic) bond motifs is 2. The van der Waals surface area contributed by atoms with Crippen LogP contribution in [0, 0.1) is 0 Å². The van der Waals surface area contributed by atoms with Crippen LogP contribution in [-0.4, -0.2) is 19.8 Å². The van der Waals surface area contributed by atoms with Gasteiger partial charge in [-0.3, -0.25) is 4.79 Å². The molecule has 0 fully saturated rings. The molecule has 6 nitrogen and oxygen atoms in total. The van der Waals surface area contributed by atoms with Crippen LogP contribution in [0.3, 0.4) is 0 Å². The second-order valence-electron chi connectivity index (χ2n) is 7.13. The van der Waals surface area contributed by atoms with E-state index in [0.29, 0.717) is 34.1 Å². The van der Waals surface area contributed by atoms with Crippen molar-refractivity contribution in [3.05, 3.63) is 71.2 Å². The normalized spacial score (nSPS) is 17.2. The van der Waals surface area contributed by atoms with Crippen LogP contribution < -0.4 is 19.1 Å². The molecule has 1 atom stereocenters. The van der Waals surface area contributed by atoms with Crippen molar-refractivity contribution in [2.45, 2.75) is 18.6 Å².